The van der Waals surface area contributed by atoms with Gasteiger partial charge in [-0.1, -0.05) is 0 Å². The smallest absolute Gasteiger partial charge is 0.317 e. The van der Waals surface area contributed by atoms with Gasteiger partial charge in [0.2, 0.25) is 0 Å². The molecule has 0 bridgehead atoms. The summed E-state index contributed by atoms with van der Waals surface area (Å²) in [5, 5.41) is 20.4. The van der Waals surface area contributed by atoms with Crippen LogP contribution in [0.5, 0.6) is 0 Å². The van der Waals surface area contributed by atoms with Gasteiger partial charge in [0.15, 0.2) is 0 Å². The van der Waals surface area contributed by atoms with Crippen LogP contribution in [0.25, 0.3) is 0 Å². The van der Waals surface area contributed by atoms with E-state index in [0.717, 1.165) is 0 Å². The van der Waals surface area contributed by atoms with Crippen LogP contribution in [0.4, 0.5) is 4.79 Å². The maximum atomic E-state index is 12.0. The van der Waals surface area contributed by atoms with Gasteiger partial charge in [0.25, 0.3) is 0 Å². The number of carbonyl (C=O) groups is 2. The summed E-state index contributed by atoms with van der Waals surface area (Å²) in [5.74, 6) is -1.95. The maximum Gasteiger partial charge on any atom is 0.317 e. The number of nitrogens with zero attached hydrogens (tertiary/aromatic N) is 2. The van der Waals surface area contributed by atoms with E-state index in [4.69, 9.17) is 15.1 Å². The van der Waals surface area contributed by atoms with E-state index in [-0.39, 0.29) is 25.2 Å². The Labute approximate surface area is 112 Å². The number of hydrogen-bond acceptors (Lipinski definition) is 4. The lowest BCUT2D eigenvalue weighted by Crippen LogP contribution is -2.49. The van der Waals surface area contributed by atoms with Gasteiger partial charge in [0, 0.05) is 13.1 Å². The zero-order valence-corrected chi connectivity index (χ0v) is 11.1. The predicted molar refractivity (Wildman–Crippen MR) is 66.3 cm³/mol. The van der Waals surface area contributed by atoms with Crippen molar-refractivity contribution in [2.24, 2.45) is 11.8 Å². The first-order chi connectivity index (χ1) is 8.99. The number of carbonyl (C=O) groups excluding carboxylic acids is 1. The largest absolute Gasteiger partial charge is 0.481 e. The second-order valence-electron chi connectivity index (χ2n) is 4.61. The number of ether oxygens (including phenoxy) is 1. The van der Waals surface area contributed by atoms with Gasteiger partial charge in [-0.05, 0) is 13.8 Å². The Kier molecular flexibility index (Phi) is 5.57. The summed E-state index contributed by atoms with van der Waals surface area (Å²) >= 11 is 0. The van der Waals surface area contributed by atoms with Gasteiger partial charge in [-0.3, -0.25) is 4.79 Å². The third-order valence-corrected chi connectivity index (χ3v) is 3.09. The summed E-state index contributed by atoms with van der Waals surface area (Å²) in [7, 11) is 0. The van der Waals surface area contributed by atoms with Crippen LogP contribution in [0, 0.1) is 23.2 Å². The summed E-state index contributed by atoms with van der Waals surface area (Å²) in [6, 6.07) is 1.19. The zero-order valence-electron chi connectivity index (χ0n) is 11.1. The molecule has 7 nitrogen and oxygen atoms in total. The summed E-state index contributed by atoms with van der Waals surface area (Å²) in [5.41, 5.74) is 0. The second-order valence-corrected chi connectivity index (χ2v) is 4.61. The standard InChI is InChI=1S/C12H19N3O4/c1-3-15(5-8(2)4-13)12(18)14-10-7-19-6-9(10)11(16)17/h8-10H,3,5-7H2,1-2H3,(H,14,18)(H,16,17). The number of hydrogen-bond donors (Lipinski definition) is 2. The summed E-state index contributed by atoms with van der Waals surface area (Å²) in [6.07, 6.45) is 0. The van der Waals surface area contributed by atoms with Gasteiger partial charge in [0.1, 0.15) is 5.92 Å². The van der Waals surface area contributed by atoms with Crippen LogP contribution in [-0.2, 0) is 9.53 Å². The number of carboxylic acid groups (broad SMARTS) is 1. The van der Waals surface area contributed by atoms with Crippen LogP contribution in [0.1, 0.15) is 13.8 Å². The quantitative estimate of drug-likeness (QED) is 0.746. The Bertz CT molecular complexity index is 380. The van der Waals surface area contributed by atoms with Crippen molar-refractivity contribution in [2.45, 2.75) is 19.9 Å². The lowest BCUT2D eigenvalue weighted by molar-refractivity contribution is -0.142. The van der Waals surface area contributed by atoms with E-state index in [1.54, 1.807) is 6.92 Å². The molecule has 1 aliphatic rings. The number of nitriles is 1. The van der Waals surface area contributed by atoms with Gasteiger partial charge >= 0.3 is 12.0 Å². The Hall–Kier alpha value is -1.81. The molecule has 106 valence electrons. The first-order valence-electron chi connectivity index (χ1n) is 6.25. The van der Waals surface area contributed by atoms with Crippen LogP contribution < -0.4 is 5.32 Å². The van der Waals surface area contributed by atoms with Crippen molar-refractivity contribution < 1.29 is 19.4 Å². The molecular formula is C12H19N3O4. The summed E-state index contributed by atoms with van der Waals surface area (Å²) in [4.78, 5) is 24.5. The number of rotatable bonds is 5. The van der Waals surface area contributed by atoms with Crippen LogP contribution in [0.3, 0.4) is 0 Å². The van der Waals surface area contributed by atoms with E-state index in [2.05, 4.69) is 11.4 Å². The fourth-order valence-corrected chi connectivity index (χ4v) is 1.92. The molecule has 0 radical (unpaired) electrons. The third-order valence-electron chi connectivity index (χ3n) is 3.09. The molecule has 1 saturated heterocycles. The molecule has 19 heavy (non-hydrogen) atoms. The van der Waals surface area contributed by atoms with Crippen LogP contribution in [0.15, 0.2) is 0 Å². The van der Waals surface area contributed by atoms with Gasteiger partial charge in [-0.2, -0.15) is 5.26 Å². The molecule has 2 amide bonds. The minimum atomic E-state index is -0.976. The Morgan fingerprint density at radius 2 is 2.26 bits per heavy atom. The average molecular weight is 269 g/mol. The van der Waals surface area contributed by atoms with Crippen molar-refractivity contribution in [2.75, 3.05) is 26.3 Å². The molecule has 0 aromatic heterocycles. The number of aliphatic carboxylic acids is 1. The minimum absolute atomic E-state index is 0.112. The Morgan fingerprint density at radius 1 is 1.58 bits per heavy atom. The number of carboxylic acids is 1. The lowest BCUT2D eigenvalue weighted by atomic mass is 10.0. The Morgan fingerprint density at radius 3 is 2.79 bits per heavy atom. The van der Waals surface area contributed by atoms with Crippen LogP contribution >= 0.6 is 0 Å². The molecule has 1 fully saturated rings. The van der Waals surface area contributed by atoms with Crippen molar-refractivity contribution in [1.82, 2.24) is 10.2 Å². The van der Waals surface area contributed by atoms with Gasteiger partial charge < -0.3 is 20.1 Å². The van der Waals surface area contributed by atoms with E-state index in [0.29, 0.717) is 13.1 Å². The van der Waals surface area contributed by atoms with Crippen molar-refractivity contribution in [1.29, 1.82) is 5.26 Å². The van der Waals surface area contributed by atoms with E-state index < -0.39 is 17.9 Å². The minimum Gasteiger partial charge on any atom is -0.481 e. The number of nitrogens with one attached hydrogen (secondary N) is 1. The number of amides is 2. The zero-order chi connectivity index (χ0) is 14.4. The van der Waals surface area contributed by atoms with Gasteiger partial charge in [-0.15, -0.1) is 0 Å². The maximum absolute atomic E-state index is 12.0. The Balaban J connectivity index is 2.57. The fourth-order valence-electron chi connectivity index (χ4n) is 1.92. The van der Waals surface area contributed by atoms with Crippen molar-refractivity contribution >= 4 is 12.0 Å². The molecule has 7 heteroatoms. The molecule has 0 aliphatic carbocycles. The third kappa shape index (κ3) is 4.10. The first-order valence-corrected chi connectivity index (χ1v) is 6.25. The highest BCUT2D eigenvalue weighted by Gasteiger charge is 2.35. The molecule has 2 N–H and O–H groups in total. The summed E-state index contributed by atoms with van der Waals surface area (Å²) < 4.78 is 5.08. The SMILES string of the molecule is CCN(CC(C)C#N)C(=O)NC1COCC1C(=O)O. The second kappa shape index (κ2) is 6.95. The van der Waals surface area contributed by atoms with Crippen molar-refractivity contribution in [3.63, 3.8) is 0 Å². The van der Waals surface area contributed by atoms with Crippen LogP contribution in [0.2, 0.25) is 0 Å². The predicted octanol–water partition coefficient (Wildman–Crippen LogP) is 0.277. The molecular weight excluding hydrogens is 250 g/mol. The highest BCUT2D eigenvalue weighted by Crippen LogP contribution is 2.14. The molecule has 3 unspecified atom stereocenters. The lowest BCUT2D eigenvalue weighted by Gasteiger charge is -2.25. The van der Waals surface area contributed by atoms with Crippen molar-refractivity contribution in [3.05, 3.63) is 0 Å². The van der Waals surface area contributed by atoms with Crippen molar-refractivity contribution in [3.8, 4) is 6.07 Å². The van der Waals surface area contributed by atoms with E-state index in [1.807, 2.05) is 6.92 Å². The highest BCUT2D eigenvalue weighted by atomic mass is 16.5. The van der Waals surface area contributed by atoms with Gasteiger partial charge in [0.05, 0.1) is 31.2 Å². The molecule has 0 spiro atoms. The molecule has 3 atom stereocenters. The highest BCUT2D eigenvalue weighted by molar-refractivity contribution is 5.77. The summed E-state index contributed by atoms with van der Waals surface area (Å²) in [6.45, 7) is 4.64. The molecule has 1 rings (SSSR count). The normalized spacial score (nSPS) is 23.4. The van der Waals surface area contributed by atoms with Crippen LogP contribution in [-0.4, -0.2) is 54.4 Å². The molecule has 0 aromatic rings. The number of urea groups is 1. The van der Waals surface area contributed by atoms with E-state index >= 15 is 0 Å². The fraction of sp³-hybridized carbons (Fsp3) is 0.750. The van der Waals surface area contributed by atoms with Gasteiger partial charge in [-0.25, -0.2) is 4.79 Å². The molecule has 1 heterocycles. The average Bonchev–Trinajstić information content (AvgIpc) is 2.83. The molecule has 0 aromatic carbocycles. The van der Waals surface area contributed by atoms with E-state index in [1.165, 1.54) is 4.90 Å². The first kappa shape index (κ1) is 15.2. The monoisotopic (exact) mass is 269 g/mol. The molecule has 1 aliphatic heterocycles. The van der Waals surface area contributed by atoms with E-state index in [9.17, 15) is 9.59 Å². The molecule has 0 saturated carbocycles. The topological polar surface area (TPSA) is 103 Å².